The second-order valence-corrected chi connectivity index (χ2v) is 5.96. The first-order chi connectivity index (χ1) is 9.32. The van der Waals surface area contributed by atoms with Crippen molar-refractivity contribution in [3.05, 3.63) is 24.3 Å². The van der Waals surface area contributed by atoms with E-state index in [0.29, 0.717) is 12.5 Å². The highest BCUT2D eigenvalue weighted by molar-refractivity contribution is 14.0. The van der Waals surface area contributed by atoms with E-state index >= 15 is 0 Å². The third kappa shape index (κ3) is 8.11. The number of anilines is 1. The molecular weight excluding hydrogens is 379 g/mol. The maximum Gasteiger partial charge on any atom is 0.193 e. The van der Waals surface area contributed by atoms with Crippen molar-refractivity contribution in [2.24, 2.45) is 16.1 Å². The van der Waals surface area contributed by atoms with Crippen LogP contribution in [-0.2, 0) is 0 Å². The Bertz CT molecular complexity index is 461. The number of hydrogen-bond acceptors (Lipinski definition) is 3. The Morgan fingerprint density at radius 1 is 1.38 bits per heavy atom. The molecule has 21 heavy (non-hydrogen) atoms. The van der Waals surface area contributed by atoms with Crippen molar-refractivity contribution in [2.45, 2.75) is 13.8 Å². The molecule has 1 aromatic carbocycles. The van der Waals surface area contributed by atoms with Gasteiger partial charge in [-0.15, -0.1) is 24.0 Å². The molecule has 0 heterocycles. The van der Waals surface area contributed by atoms with Crippen LogP contribution in [0.5, 0.6) is 5.75 Å². The molecule has 0 aliphatic heterocycles. The summed E-state index contributed by atoms with van der Waals surface area (Å²) in [5, 5.41) is 3.08. The van der Waals surface area contributed by atoms with Crippen LogP contribution in [0.2, 0.25) is 0 Å². The number of methoxy groups -OCH3 is 1. The fraction of sp³-hybridized carbons (Fsp3) is 0.533. The number of aliphatic imine (C=N–C) groups is 1. The van der Waals surface area contributed by atoms with Gasteiger partial charge in [-0.2, -0.15) is 0 Å². The van der Waals surface area contributed by atoms with Gasteiger partial charge in [-0.05, 0) is 31.6 Å². The van der Waals surface area contributed by atoms with Crippen LogP contribution in [0.1, 0.15) is 13.8 Å². The molecule has 5 nitrogen and oxygen atoms in total. The van der Waals surface area contributed by atoms with Gasteiger partial charge in [-0.3, -0.25) is 4.99 Å². The average Bonchev–Trinajstić information content (AvgIpc) is 2.35. The standard InChI is InChI=1S/C15H26N4O.HI/c1-15(2,11-19(3)4)10-17-14(16)18-12-7-6-8-13(9-12)20-5;/h6-9H,10-11H2,1-5H3,(H3,16,17,18);1H. The average molecular weight is 406 g/mol. The Morgan fingerprint density at radius 3 is 2.62 bits per heavy atom. The number of ether oxygens (including phenoxy) is 1. The minimum absolute atomic E-state index is 0. The van der Waals surface area contributed by atoms with Gasteiger partial charge in [-0.1, -0.05) is 19.9 Å². The van der Waals surface area contributed by atoms with Gasteiger partial charge < -0.3 is 20.7 Å². The molecule has 0 atom stereocenters. The molecule has 0 aliphatic carbocycles. The van der Waals surface area contributed by atoms with Crippen molar-refractivity contribution in [3.8, 4) is 5.75 Å². The molecule has 0 aliphatic rings. The van der Waals surface area contributed by atoms with E-state index in [1.54, 1.807) is 7.11 Å². The van der Waals surface area contributed by atoms with Crippen LogP contribution in [0, 0.1) is 5.41 Å². The molecule has 120 valence electrons. The number of guanidine groups is 1. The second kappa shape index (κ2) is 9.09. The van der Waals surface area contributed by atoms with E-state index < -0.39 is 0 Å². The Hall–Kier alpha value is -1.02. The molecule has 0 amide bonds. The number of nitrogens with zero attached hydrogens (tertiary/aromatic N) is 2. The summed E-state index contributed by atoms with van der Waals surface area (Å²) in [5.41, 5.74) is 6.88. The van der Waals surface area contributed by atoms with Crippen molar-refractivity contribution in [1.29, 1.82) is 0 Å². The van der Waals surface area contributed by atoms with E-state index in [9.17, 15) is 0 Å². The van der Waals surface area contributed by atoms with Crippen molar-refractivity contribution >= 4 is 35.6 Å². The zero-order chi connectivity index (χ0) is 15.2. The Labute approximate surface area is 145 Å². The van der Waals surface area contributed by atoms with Crippen LogP contribution in [0.4, 0.5) is 5.69 Å². The molecule has 0 saturated carbocycles. The summed E-state index contributed by atoms with van der Waals surface area (Å²) in [5.74, 6) is 1.21. The highest BCUT2D eigenvalue weighted by Crippen LogP contribution is 2.18. The number of benzene rings is 1. The maximum atomic E-state index is 5.92. The third-order valence-corrected chi connectivity index (χ3v) is 2.76. The highest BCUT2D eigenvalue weighted by Gasteiger charge is 2.18. The molecule has 0 radical (unpaired) electrons. The molecule has 0 unspecified atom stereocenters. The van der Waals surface area contributed by atoms with Crippen LogP contribution in [0.15, 0.2) is 29.3 Å². The summed E-state index contributed by atoms with van der Waals surface area (Å²) in [6.45, 7) is 5.99. The number of nitrogens with one attached hydrogen (secondary N) is 1. The Morgan fingerprint density at radius 2 is 2.05 bits per heavy atom. The highest BCUT2D eigenvalue weighted by atomic mass is 127. The van der Waals surface area contributed by atoms with Gasteiger partial charge in [-0.25, -0.2) is 0 Å². The van der Waals surface area contributed by atoms with Crippen LogP contribution < -0.4 is 15.8 Å². The molecular formula is C15H27IN4O. The minimum Gasteiger partial charge on any atom is -0.497 e. The summed E-state index contributed by atoms with van der Waals surface area (Å²) >= 11 is 0. The lowest BCUT2D eigenvalue weighted by molar-refractivity contribution is 0.249. The van der Waals surface area contributed by atoms with E-state index in [0.717, 1.165) is 18.0 Å². The zero-order valence-electron chi connectivity index (χ0n) is 13.5. The minimum atomic E-state index is 0. The second-order valence-electron chi connectivity index (χ2n) is 5.96. The van der Waals surface area contributed by atoms with E-state index in [-0.39, 0.29) is 29.4 Å². The van der Waals surface area contributed by atoms with Gasteiger partial charge in [0.2, 0.25) is 0 Å². The van der Waals surface area contributed by atoms with Gasteiger partial charge in [0, 0.05) is 24.8 Å². The molecule has 0 spiro atoms. The van der Waals surface area contributed by atoms with Crippen molar-refractivity contribution in [2.75, 3.05) is 39.6 Å². The van der Waals surface area contributed by atoms with Crippen molar-refractivity contribution < 1.29 is 4.74 Å². The number of rotatable bonds is 6. The van der Waals surface area contributed by atoms with Gasteiger partial charge >= 0.3 is 0 Å². The quantitative estimate of drug-likeness (QED) is 0.433. The lowest BCUT2D eigenvalue weighted by Gasteiger charge is -2.26. The fourth-order valence-corrected chi connectivity index (χ4v) is 2.09. The SMILES string of the molecule is COc1cccc(NC(N)=NCC(C)(C)CN(C)C)c1.I. The summed E-state index contributed by atoms with van der Waals surface area (Å²) < 4.78 is 5.17. The summed E-state index contributed by atoms with van der Waals surface area (Å²) in [4.78, 5) is 6.57. The normalized spacial score (nSPS) is 12.0. The van der Waals surface area contributed by atoms with Crippen molar-refractivity contribution in [3.63, 3.8) is 0 Å². The monoisotopic (exact) mass is 406 g/mol. The number of nitrogens with two attached hydrogens (primary N) is 1. The Balaban J connectivity index is 0.00000400. The zero-order valence-corrected chi connectivity index (χ0v) is 15.8. The molecule has 0 fully saturated rings. The first-order valence-electron chi connectivity index (χ1n) is 6.68. The lowest BCUT2D eigenvalue weighted by Crippen LogP contribution is -2.32. The first kappa shape index (κ1) is 20.0. The van der Waals surface area contributed by atoms with Gasteiger partial charge in [0.1, 0.15) is 5.75 Å². The number of hydrogen-bond donors (Lipinski definition) is 2. The predicted molar refractivity (Wildman–Crippen MR) is 101 cm³/mol. The van der Waals surface area contributed by atoms with Crippen LogP contribution >= 0.6 is 24.0 Å². The van der Waals surface area contributed by atoms with E-state index in [1.807, 2.05) is 24.3 Å². The largest absolute Gasteiger partial charge is 0.497 e. The lowest BCUT2D eigenvalue weighted by atomic mass is 9.93. The fourth-order valence-electron chi connectivity index (χ4n) is 2.09. The van der Waals surface area contributed by atoms with Gasteiger partial charge in [0.25, 0.3) is 0 Å². The summed E-state index contributed by atoms with van der Waals surface area (Å²) in [7, 11) is 5.76. The van der Waals surface area contributed by atoms with Crippen LogP contribution in [0.3, 0.4) is 0 Å². The molecule has 0 bridgehead atoms. The van der Waals surface area contributed by atoms with Crippen LogP contribution in [-0.4, -0.2) is 45.2 Å². The van der Waals surface area contributed by atoms with Crippen LogP contribution in [0.25, 0.3) is 0 Å². The molecule has 1 aromatic rings. The smallest absolute Gasteiger partial charge is 0.193 e. The van der Waals surface area contributed by atoms with Gasteiger partial charge in [0.15, 0.2) is 5.96 Å². The summed E-state index contributed by atoms with van der Waals surface area (Å²) in [6.07, 6.45) is 0. The molecule has 1 rings (SSSR count). The van der Waals surface area contributed by atoms with E-state index in [2.05, 4.69) is 43.2 Å². The Kier molecular flexibility index (Phi) is 8.65. The first-order valence-corrected chi connectivity index (χ1v) is 6.68. The summed E-state index contributed by atoms with van der Waals surface area (Å²) in [6, 6.07) is 7.60. The molecule has 3 N–H and O–H groups in total. The molecule has 0 aromatic heterocycles. The van der Waals surface area contributed by atoms with Gasteiger partial charge in [0.05, 0.1) is 7.11 Å². The van der Waals surface area contributed by atoms with E-state index in [4.69, 9.17) is 10.5 Å². The maximum absolute atomic E-state index is 5.92. The molecule has 6 heteroatoms. The predicted octanol–water partition coefficient (Wildman–Crippen LogP) is 2.63. The number of halogens is 1. The molecule has 0 saturated heterocycles. The third-order valence-electron chi connectivity index (χ3n) is 2.76. The van der Waals surface area contributed by atoms with E-state index in [1.165, 1.54) is 0 Å². The topological polar surface area (TPSA) is 62.9 Å². The van der Waals surface area contributed by atoms with Crippen molar-refractivity contribution in [1.82, 2.24) is 4.90 Å².